The third-order valence-corrected chi connectivity index (χ3v) is 4.54. The van der Waals surface area contributed by atoms with E-state index in [0.717, 1.165) is 12.0 Å². The Hall–Kier alpha value is -3.02. The van der Waals surface area contributed by atoms with E-state index in [0.29, 0.717) is 28.7 Å². The Balaban J connectivity index is 2.08. The predicted molar refractivity (Wildman–Crippen MR) is 110 cm³/mol. The van der Waals surface area contributed by atoms with Crippen LogP contribution in [0.4, 0.5) is 5.69 Å². The molecule has 0 aliphatic carbocycles. The minimum Gasteiger partial charge on any atom is -0.496 e. The monoisotopic (exact) mass is 384 g/mol. The summed E-state index contributed by atoms with van der Waals surface area (Å²) in [4.78, 5) is 26.1. The summed E-state index contributed by atoms with van der Waals surface area (Å²) in [6, 6.07) is 12.7. The van der Waals surface area contributed by atoms with E-state index in [2.05, 4.69) is 19.2 Å². The fourth-order valence-electron chi connectivity index (χ4n) is 2.77. The molecule has 0 aromatic heterocycles. The summed E-state index contributed by atoms with van der Waals surface area (Å²) in [7, 11) is 4.83. The zero-order chi connectivity index (χ0) is 20.7. The standard InChI is InChI=1S/C22H28N2O4/c1-6-15(2)17-9-7-8-10-20(17)28-14-21(25)23-16-11-12-19(27-5)18(13-16)22(26)24(3)4/h7-13,15H,6,14H2,1-5H3,(H,23,25). The lowest BCUT2D eigenvalue weighted by Gasteiger charge is -2.16. The Morgan fingerprint density at radius 2 is 1.82 bits per heavy atom. The van der Waals surface area contributed by atoms with Crippen molar-refractivity contribution in [3.8, 4) is 11.5 Å². The van der Waals surface area contributed by atoms with E-state index in [-0.39, 0.29) is 18.4 Å². The summed E-state index contributed by atoms with van der Waals surface area (Å²) < 4.78 is 11.0. The highest BCUT2D eigenvalue weighted by Gasteiger charge is 2.16. The molecule has 2 aromatic carbocycles. The van der Waals surface area contributed by atoms with Gasteiger partial charge in [0.2, 0.25) is 0 Å². The molecule has 2 aromatic rings. The van der Waals surface area contributed by atoms with Crippen molar-refractivity contribution in [3.05, 3.63) is 53.6 Å². The van der Waals surface area contributed by atoms with Gasteiger partial charge >= 0.3 is 0 Å². The molecule has 28 heavy (non-hydrogen) atoms. The lowest BCUT2D eigenvalue weighted by atomic mass is 9.98. The molecule has 0 heterocycles. The lowest BCUT2D eigenvalue weighted by molar-refractivity contribution is -0.118. The topological polar surface area (TPSA) is 67.9 Å². The van der Waals surface area contributed by atoms with Crippen LogP contribution in [-0.2, 0) is 4.79 Å². The number of carbonyl (C=O) groups excluding carboxylic acids is 2. The summed E-state index contributed by atoms with van der Waals surface area (Å²) in [6.07, 6.45) is 0.987. The number of para-hydroxylation sites is 1. The van der Waals surface area contributed by atoms with Gasteiger partial charge in [-0.1, -0.05) is 32.0 Å². The summed E-state index contributed by atoms with van der Waals surface area (Å²) in [6.45, 7) is 4.13. The van der Waals surface area contributed by atoms with Crippen molar-refractivity contribution in [2.75, 3.05) is 33.1 Å². The highest BCUT2D eigenvalue weighted by atomic mass is 16.5. The van der Waals surface area contributed by atoms with E-state index in [1.54, 1.807) is 32.3 Å². The average Bonchev–Trinajstić information content (AvgIpc) is 2.71. The molecule has 6 nitrogen and oxygen atoms in total. The quantitative estimate of drug-likeness (QED) is 0.749. The van der Waals surface area contributed by atoms with Crippen LogP contribution in [0, 0.1) is 0 Å². The number of nitrogens with zero attached hydrogens (tertiary/aromatic N) is 1. The van der Waals surface area contributed by atoms with E-state index in [9.17, 15) is 9.59 Å². The molecule has 0 saturated carbocycles. The first-order valence-electron chi connectivity index (χ1n) is 9.28. The SMILES string of the molecule is CCC(C)c1ccccc1OCC(=O)Nc1ccc(OC)c(C(=O)N(C)C)c1. The molecular formula is C22H28N2O4. The van der Waals surface area contributed by atoms with Gasteiger partial charge in [-0.15, -0.1) is 0 Å². The Labute approximate surface area is 166 Å². The number of carbonyl (C=O) groups is 2. The number of benzene rings is 2. The fraction of sp³-hybridized carbons (Fsp3) is 0.364. The molecule has 6 heteroatoms. The molecule has 150 valence electrons. The first-order chi connectivity index (χ1) is 13.4. The molecule has 0 bridgehead atoms. The van der Waals surface area contributed by atoms with Crippen LogP contribution in [0.5, 0.6) is 11.5 Å². The average molecular weight is 384 g/mol. The molecule has 2 rings (SSSR count). The number of hydrogen-bond donors (Lipinski definition) is 1. The Kier molecular flexibility index (Phi) is 7.44. The normalized spacial score (nSPS) is 11.5. The van der Waals surface area contributed by atoms with Crippen LogP contribution < -0.4 is 14.8 Å². The van der Waals surface area contributed by atoms with Gasteiger partial charge in [0, 0.05) is 19.8 Å². The van der Waals surface area contributed by atoms with Crippen molar-refractivity contribution in [2.45, 2.75) is 26.2 Å². The van der Waals surface area contributed by atoms with Gasteiger partial charge in [-0.25, -0.2) is 0 Å². The summed E-state index contributed by atoms with van der Waals surface area (Å²) in [5.41, 5.74) is 1.98. The Morgan fingerprint density at radius 3 is 2.46 bits per heavy atom. The van der Waals surface area contributed by atoms with E-state index in [1.165, 1.54) is 12.0 Å². The van der Waals surface area contributed by atoms with Crippen molar-refractivity contribution in [3.63, 3.8) is 0 Å². The van der Waals surface area contributed by atoms with E-state index in [4.69, 9.17) is 9.47 Å². The minimum atomic E-state index is -0.299. The maximum absolute atomic E-state index is 12.3. The molecule has 1 atom stereocenters. The second-order valence-corrected chi connectivity index (χ2v) is 6.80. The Morgan fingerprint density at radius 1 is 1.11 bits per heavy atom. The molecule has 2 amide bonds. The van der Waals surface area contributed by atoms with Gasteiger partial charge in [0.15, 0.2) is 6.61 Å². The highest BCUT2D eigenvalue weighted by molar-refractivity contribution is 5.99. The molecule has 0 radical (unpaired) electrons. The number of amides is 2. The van der Waals surface area contributed by atoms with Crippen LogP contribution in [0.25, 0.3) is 0 Å². The number of rotatable bonds is 8. The lowest BCUT2D eigenvalue weighted by Crippen LogP contribution is -2.23. The first-order valence-corrected chi connectivity index (χ1v) is 9.28. The van der Waals surface area contributed by atoms with E-state index >= 15 is 0 Å². The van der Waals surface area contributed by atoms with Gasteiger partial charge in [-0.05, 0) is 42.2 Å². The van der Waals surface area contributed by atoms with Crippen LogP contribution >= 0.6 is 0 Å². The fourth-order valence-corrected chi connectivity index (χ4v) is 2.77. The van der Waals surface area contributed by atoms with Gasteiger partial charge in [0.05, 0.1) is 12.7 Å². The van der Waals surface area contributed by atoms with Gasteiger partial charge in [-0.3, -0.25) is 9.59 Å². The van der Waals surface area contributed by atoms with Crippen LogP contribution in [-0.4, -0.2) is 44.5 Å². The molecular weight excluding hydrogens is 356 g/mol. The highest BCUT2D eigenvalue weighted by Crippen LogP contribution is 2.28. The number of nitrogens with one attached hydrogen (secondary N) is 1. The van der Waals surface area contributed by atoms with Crippen LogP contribution in [0.1, 0.15) is 42.1 Å². The van der Waals surface area contributed by atoms with Crippen LogP contribution in [0.2, 0.25) is 0 Å². The molecule has 1 unspecified atom stereocenters. The third-order valence-electron chi connectivity index (χ3n) is 4.54. The van der Waals surface area contributed by atoms with Gasteiger partial charge in [0.25, 0.3) is 11.8 Å². The summed E-state index contributed by atoms with van der Waals surface area (Å²) >= 11 is 0. The molecule has 0 fully saturated rings. The molecule has 0 aliphatic heterocycles. The maximum atomic E-state index is 12.3. The number of hydrogen-bond acceptors (Lipinski definition) is 4. The zero-order valence-electron chi connectivity index (χ0n) is 17.1. The van der Waals surface area contributed by atoms with Crippen LogP contribution in [0.15, 0.2) is 42.5 Å². The van der Waals surface area contributed by atoms with Crippen molar-refractivity contribution in [1.82, 2.24) is 4.90 Å². The first kappa shape index (κ1) is 21.3. The van der Waals surface area contributed by atoms with Crippen LogP contribution in [0.3, 0.4) is 0 Å². The minimum absolute atomic E-state index is 0.115. The number of ether oxygens (including phenoxy) is 2. The van der Waals surface area contributed by atoms with Crippen molar-refractivity contribution < 1.29 is 19.1 Å². The molecule has 1 N–H and O–H groups in total. The third kappa shape index (κ3) is 5.25. The Bertz CT molecular complexity index is 833. The molecule has 0 aliphatic rings. The summed E-state index contributed by atoms with van der Waals surface area (Å²) in [5, 5.41) is 2.77. The largest absolute Gasteiger partial charge is 0.496 e. The van der Waals surface area contributed by atoms with Crippen molar-refractivity contribution in [2.24, 2.45) is 0 Å². The van der Waals surface area contributed by atoms with Gasteiger partial charge < -0.3 is 19.7 Å². The number of methoxy groups -OCH3 is 1. The van der Waals surface area contributed by atoms with E-state index in [1.807, 2.05) is 24.3 Å². The smallest absolute Gasteiger partial charge is 0.262 e. The molecule has 0 spiro atoms. The number of anilines is 1. The summed E-state index contributed by atoms with van der Waals surface area (Å²) in [5.74, 6) is 1.01. The van der Waals surface area contributed by atoms with Crippen molar-refractivity contribution in [1.29, 1.82) is 0 Å². The van der Waals surface area contributed by atoms with Crippen molar-refractivity contribution >= 4 is 17.5 Å². The van der Waals surface area contributed by atoms with Gasteiger partial charge in [-0.2, -0.15) is 0 Å². The molecule has 0 saturated heterocycles. The second kappa shape index (κ2) is 9.78. The maximum Gasteiger partial charge on any atom is 0.262 e. The zero-order valence-corrected chi connectivity index (χ0v) is 17.1. The predicted octanol–water partition coefficient (Wildman–Crippen LogP) is 3.93. The second-order valence-electron chi connectivity index (χ2n) is 6.80. The van der Waals surface area contributed by atoms with Gasteiger partial charge in [0.1, 0.15) is 11.5 Å². The van der Waals surface area contributed by atoms with E-state index < -0.39 is 0 Å².